The van der Waals surface area contributed by atoms with Crippen LogP contribution in [0, 0.1) is 0 Å². The Hall–Kier alpha value is -2.30. The minimum Gasteiger partial charge on any atom is -0.369 e. The van der Waals surface area contributed by atoms with Crippen molar-refractivity contribution in [3.05, 3.63) is 35.5 Å². The standard InChI is InChI=1S/C15H19N5/c1-4-10-6-8-11(9-7-10)20-14-13(17-15(20)16)12(5-2)18-19(14)3/h6-9H,4-5H2,1-3H3,(H2,16,17). The summed E-state index contributed by atoms with van der Waals surface area (Å²) in [4.78, 5) is 4.48. The number of anilines is 1. The van der Waals surface area contributed by atoms with Gasteiger partial charge in [-0.15, -0.1) is 0 Å². The fraction of sp³-hybridized carbons (Fsp3) is 0.333. The Balaban J connectivity index is 2.24. The van der Waals surface area contributed by atoms with Crippen LogP contribution in [-0.2, 0) is 19.9 Å². The number of hydrogen-bond donors (Lipinski definition) is 1. The monoisotopic (exact) mass is 269 g/mol. The zero-order valence-electron chi connectivity index (χ0n) is 12.1. The van der Waals surface area contributed by atoms with Crippen LogP contribution in [0.1, 0.15) is 25.1 Å². The topological polar surface area (TPSA) is 61.7 Å². The predicted octanol–water partition coefficient (Wildman–Crippen LogP) is 2.47. The highest BCUT2D eigenvalue weighted by molar-refractivity contribution is 5.80. The largest absolute Gasteiger partial charge is 0.369 e. The van der Waals surface area contributed by atoms with Crippen molar-refractivity contribution in [3.8, 4) is 5.69 Å². The van der Waals surface area contributed by atoms with Gasteiger partial charge >= 0.3 is 0 Å². The van der Waals surface area contributed by atoms with Crippen LogP contribution in [0.4, 0.5) is 5.95 Å². The van der Waals surface area contributed by atoms with Crippen LogP contribution in [0.2, 0.25) is 0 Å². The highest BCUT2D eigenvalue weighted by atomic mass is 15.3. The number of nitrogens with zero attached hydrogens (tertiary/aromatic N) is 4. The van der Waals surface area contributed by atoms with Gasteiger partial charge in [-0.1, -0.05) is 26.0 Å². The molecule has 0 saturated heterocycles. The summed E-state index contributed by atoms with van der Waals surface area (Å²) in [7, 11) is 1.93. The number of imidazole rings is 1. The van der Waals surface area contributed by atoms with Gasteiger partial charge in [-0.3, -0.25) is 4.57 Å². The van der Waals surface area contributed by atoms with Crippen LogP contribution >= 0.6 is 0 Å². The van der Waals surface area contributed by atoms with Crippen LogP contribution in [0.5, 0.6) is 0 Å². The number of aromatic nitrogens is 4. The molecule has 0 radical (unpaired) electrons. The third-order valence-electron chi connectivity index (χ3n) is 3.67. The van der Waals surface area contributed by atoms with Crippen molar-refractivity contribution in [3.63, 3.8) is 0 Å². The van der Waals surface area contributed by atoms with Crippen LogP contribution in [0.15, 0.2) is 24.3 Å². The maximum atomic E-state index is 6.10. The van der Waals surface area contributed by atoms with Gasteiger partial charge in [0.1, 0.15) is 5.52 Å². The van der Waals surface area contributed by atoms with Gasteiger partial charge in [-0.25, -0.2) is 9.67 Å². The average molecular weight is 269 g/mol. The molecule has 20 heavy (non-hydrogen) atoms. The molecular weight excluding hydrogens is 250 g/mol. The number of nitrogens with two attached hydrogens (primary N) is 1. The summed E-state index contributed by atoms with van der Waals surface area (Å²) in [6.07, 6.45) is 1.88. The van der Waals surface area contributed by atoms with E-state index in [4.69, 9.17) is 5.73 Å². The molecule has 0 saturated carbocycles. The number of aryl methyl sites for hydroxylation is 3. The number of hydrogen-bond acceptors (Lipinski definition) is 3. The molecule has 0 aliphatic heterocycles. The van der Waals surface area contributed by atoms with Crippen molar-refractivity contribution in [2.75, 3.05) is 5.73 Å². The molecule has 5 heteroatoms. The second kappa shape index (κ2) is 4.67. The van der Waals surface area contributed by atoms with E-state index < -0.39 is 0 Å². The average Bonchev–Trinajstić information content (AvgIpc) is 2.96. The maximum absolute atomic E-state index is 6.10. The van der Waals surface area contributed by atoms with Crippen molar-refractivity contribution in [1.82, 2.24) is 19.3 Å². The van der Waals surface area contributed by atoms with Gasteiger partial charge in [0.2, 0.25) is 5.95 Å². The molecule has 3 rings (SSSR count). The molecule has 0 bridgehead atoms. The minimum atomic E-state index is 0.506. The Morgan fingerprint density at radius 1 is 1.10 bits per heavy atom. The molecule has 0 amide bonds. The molecular formula is C15H19N5. The van der Waals surface area contributed by atoms with E-state index >= 15 is 0 Å². The molecule has 0 aliphatic rings. The van der Waals surface area contributed by atoms with E-state index in [9.17, 15) is 0 Å². The Morgan fingerprint density at radius 3 is 2.40 bits per heavy atom. The van der Waals surface area contributed by atoms with Crippen LogP contribution < -0.4 is 5.73 Å². The van der Waals surface area contributed by atoms with Crippen molar-refractivity contribution >= 4 is 17.1 Å². The third-order valence-corrected chi connectivity index (χ3v) is 3.67. The first kappa shape index (κ1) is 12.7. The lowest BCUT2D eigenvalue weighted by molar-refractivity contribution is 0.751. The summed E-state index contributed by atoms with van der Waals surface area (Å²) in [6.45, 7) is 4.22. The molecule has 3 aromatic rings. The van der Waals surface area contributed by atoms with Gasteiger partial charge in [-0.2, -0.15) is 5.10 Å². The zero-order chi connectivity index (χ0) is 14.3. The van der Waals surface area contributed by atoms with E-state index in [1.165, 1.54) is 5.56 Å². The summed E-state index contributed by atoms with van der Waals surface area (Å²) in [5, 5.41) is 4.51. The summed E-state index contributed by atoms with van der Waals surface area (Å²) >= 11 is 0. The summed E-state index contributed by atoms with van der Waals surface area (Å²) in [5.74, 6) is 0.506. The lowest BCUT2D eigenvalue weighted by atomic mass is 10.1. The number of nitrogen functional groups attached to an aromatic ring is 1. The number of rotatable bonds is 3. The van der Waals surface area contributed by atoms with E-state index in [2.05, 4.69) is 48.2 Å². The fourth-order valence-electron chi connectivity index (χ4n) is 2.57. The predicted molar refractivity (Wildman–Crippen MR) is 81.0 cm³/mol. The van der Waals surface area contributed by atoms with Gasteiger partial charge in [0, 0.05) is 7.05 Å². The lowest BCUT2D eigenvalue weighted by Crippen LogP contribution is -2.05. The molecule has 2 N–H and O–H groups in total. The van der Waals surface area contributed by atoms with Crippen molar-refractivity contribution in [2.45, 2.75) is 26.7 Å². The number of fused-ring (bicyclic) bond motifs is 1. The normalized spacial score (nSPS) is 11.3. The summed E-state index contributed by atoms with van der Waals surface area (Å²) in [5.41, 5.74) is 11.3. The second-order valence-electron chi connectivity index (χ2n) is 4.92. The summed E-state index contributed by atoms with van der Waals surface area (Å²) < 4.78 is 3.81. The minimum absolute atomic E-state index is 0.506. The van der Waals surface area contributed by atoms with Gasteiger partial charge in [0.15, 0.2) is 5.65 Å². The SMILES string of the molecule is CCc1ccc(-n2c(N)nc3c(CC)nn(C)c32)cc1. The van der Waals surface area contributed by atoms with E-state index in [1.807, 2.05) is 16.3 Å². The Labute approximate surface area is 118 Å². The highest BCUT2D eigenvalue weighted by Crippen LogP contribution is 2.25. The first-order valence-corrected chi connectivity index (χ1v) is 6.94. The van der Waals surface area contributed by atoms with Crippen LogP contribution in [0.3, 0.4) is 0 Å². The van der Waals surface area contributed by atoms with E-state index in [0.29, 0.717) is 5.95 Å². The molecule has 1 aromatic carbocycles. The molecule has 0 spiro atoms. The van der Waals surface area contributed by atoms with E-state index in [1.54, 1.807) is 0 Å². The van der Waals surface area contributed by atoms with Gasteiger partial charge in [-0.05, 0) is 30.5 Å². The molecule has 0 aliphatic carbocycles. The summed E-state index contributed by atoms with van der Waals surface area (Å²) in [6, 6.07) is 8.40. The van der Waals surface area contributed by atoms with Crippen molar-refractivity contribution in [2.24, 2.45) is 7.05 Å². The van der Waals surface area contributed by atoms with Crippen LogP contribution in [0.25, 0.3) is 16.9 Å². The molecule has 2 heterocycles. The first-order chi connectivity index (χ1) is 9.65. The zero-order valence-corrected chi connectivity index (χ0v) is 12.1. The van der Waals surface area contributed by atoms with Crippen molar-refractivity contribution < 1.29 is 0 Å². The Bertz CT molecular complexity index is 749. The highest BCUT2D eigenvalue weighted by Gasteiger charge is 2.17. The fourth-order valence-corrected chi connectivity index (χ4v) is 2.57. The molecule has 0 unspecified atom stereocenters. The van der Waals surface area contributed by atoms with Crippen molar-refractivity contribution in [1.29, 1.82) is 0 Å². The van der Waals surface area contributed by atoms with Gasteiger partial charge in [0.05, 0.1) is 11.4 Å². The van der Waals surface area contributed by atoms with Gasteiger partial charge in [0.25, 0.3) is 0 Å². The quantitative estimate of drug-likeness (QED) is 0.794. The maximum Gasteiger partial charge on any atom is 0.207 e. The molecule has 0 fully saturated rings. The first-order valence-electron chi connectivity index (χ1n) is 6.94. The Morgan fingerprint density at radius 2 is 1.80 bits per heavy atom. The van der Waals surface area contributed by atoms with Gasteiger partial charge < -0.3 is 5.73 Å². The van der Waals surface area contributed by atoms with Crippen LogP contribution in [-0.4, -0.2) is 19.3 Å². The Kier molecular flexibility index (Phi) is 2.97. The molecule has 5 nitrogen and oxygen atoms in total. The molecule has 104 valence electrons. The number of benzene rings is 1. The molecule has 0 atom stereocenters. The smallest absolute Gasteiger partial charge is 0.207 e. The molecule has 2 aromatic heterocycles. The third kappa shape index (κ3) is 1.78. The van der Waals surface area contributed by atoms with E-state index in [-0.39, 0.29) is 0 Å². The lowest BCUT2D eigenvalue weighted by Gasteiger charge is -2.07. The van der Waals surface area contributed by atoms with E-state index in [0.717, 1.165) is 35.4 Å². The second-order valence-corrected chi connectivity index (χ2v) is 4.92.